The molecule has 0 aromatic heterocycles. The number of nitrogens with zero attached hydrogens (tertiary/aromatic N) is 2. The van der Waals surface area contributed by atoms with Crippen molar-refractivity contribution >= 4 is 27.5 Å². The molecule has 3 aromatic rings. The molecule has 0 aliphatic carbocycles. The third-order valence-electron chi connectivity index (χ3n) is 5.57. The summed E-state index contributed by atoms with van der Waals surface area (Å²) in [5.74, 6) is -0.757. The molecule has 1 unspecified atom stereocenters. The average molecular weight is 503 g/mol. The summed E-state index contributed by atoms with van der Waals surface area (Å²) in [6.07, 6.45) is 0. The topological polar surface area (TPSA) is 119 Å². The maximum absolute atomic E-state index is 13.3. The number of sulfonamides is 1. The van der Waals surface area contributed by atoms with E-state index in [4.69, 9.17) is 5.26 Å². The molecule has 0 spiro atoms. The van der Waals surface area contributed by atoms with Crippen LogP contribution in [0.25, 0.3) is 0 Å². The maximum atomic E-state index is 13.3. The van der Waals surface area contributed by atoms with Crippen LogP contribution >= 0.6 is 0 Å². The van der Waals surface area contributed by atoms with Gasteiger partial charge in [-0.1, -0.05) is 36.4 Å². The average Bonchev–Trinajstić information content (AvgIpc) is 3.09. The molecule has 4 rings (SSSR count). The molecule has 0 bridgehead atoms. The number of hydrogen-bond acceptors (Lipinski definition) is 5. The first kappa shape index (κ1) is 25.1. The van der Waals surface area contributed by atoms with Gasteiger partial charge in [-0.3, -0.25) is 9.59 Å². The van der Waals surface area contributed by atoms with Crippen LogP contribution in [0.2, 0.25) is 0 Å². The van der Waals surface area contributed by atoms with E-state index in [1.165, 1.54) is 17.0 Å². The van der Waals surface area contributed by atoms with Crippen molar-refractivity contribution in [2.24, 2.45) is 0 Å². The summed E-state index contributed by atoms with van der Waals surface area (Å²) in [4.78, 5) is 27.7. The normalized spacial score (nSPS) is 15.3. The van der Waals surface area contributed by atoms with Gasteiger partial charge in [0.1, 0.15) is 6.54 Å². The third kappa shape index (κ3) is 5.30. The lowest BCUT2D eigenvalue weighted by Crippen LogP contribution is -2.40. The summed E-state index contributed by atoms with van der Waals surface area (Å²) in [5.41, 5.74) is 1.91. The first-order valence-corrected chi connectivity index (χ1v) is 12.8. The molecule has 0 saturated heterocycles. The Hall–Kier alpha value is -4.00. The van der Waals surface area contributed by atoms with Gasteiger partial charge in [0.05, 0.1) is 22.6 Å². The molecule has 184 valence electrons. The molecule has 1 heterocycles. The Kier molecular flexibility index (Phi) is 6.67. The van der Waals surface area contributed by atoms with E-state index in [2.05, 4.69) is 10.0 Å². The van der Waals surface area contributed by atoms with E-state index < -0.39 is 27.5 Å². The van der Waals surface area contributed by atoms with Gasteiger partial charge < -0.3 is 10.2 Å². The quantitative estimate of drug-likeness (QED) is 0.531. The Morgan fingerprint density at radius 2 is 1.75 bits per heavy atom. The number of carbonyl (C=O) groups excluding carboxylic acids is 2. The van der Waals surface area contributed by atoms with Crippen molar-refractivity contribution in [3.05, 3.63) is 95.1 Å². The highest BCUT2D eigenvalue weighted by atomic mass is 32.2. The van der Waals surface area contributed by atoms with Crippen molar-refractivity contribution in [3.8, 4) is 6.07 Å². The van der Waals surface area contributed by atoms with E-state index in [0.717, 1.165) is 0 Å². The van der Waals surface area contributed by atoms with Crippen molar-refractivity contribution in [2.75, 3.05) is 11.9 Å². The van der Waals surface area contributed by atoms with Crippen LogP contribution in [-0.2, 0) is 14.8 Å². The summed E-state index contributed by atoms with van der Waals surface area (Å²) in [6, 6.07) is 21.3. The minimum atomic E-state index is -3.81. The molecule has 1 aliphatic heterocycles. The van der Waals surface area contributed by atoms with Gasteiger partial charge in [0, 0.05) is 16.8 Å². The summed E-state index contributed by atoms with van der Waals surface area (Å²) in [7, 11) is -3.81. The van der Waals surface area contributed by atoms with E-state index in [1.807, 2.05) is 6.07 Å². The van der Waals surface area contributed by atoms with Crippen molar-refractivity contribution < 1.29 is 18.0 Å². The van der Waals surface area contributed by atoms with Crippen LogP contribution in [0.5, 0.6) is 0 Å². The highest BCUT2D eigenvalue weighted by molar-refractivity contribution is 7.89. The molecular weight excluding hydrogens is 476 g/mol. The van der Waals surface area contributed by atoms with Crippen LogP contribution in [0.15, 0.2) is 77.7 Å². The first-order chi connectivity index (χ1) is 17.0. The molecule has 1 atom stereocenters. The van der Waals surface area contributed by atoms with Gasteiger partial charge in [-0.05, 0) is 68.3 Å². The minimum Gasteiger partial charge on any atom is -0.325 e. The number of nitriles is 1. The highest BCUT2D eigenvalue weighted by Crippen LogP contribution is 2.38. The zero-order valence-corrected chi connectivity index (χ0v) is 21.0. The second-order valence-corrected chi connectivity index (χ2v) is 11.3. The van der Waals surface area contributed by atoms with Crippen molar-refractivity contribution in [3.63, 3.8) is 0 Å². The van der Waals surface area contributed by atoms with Crippen LogP contribution in [0.3, 0.4) is 0 Å². The largest absolute Gasteiger partial charge is 0.325 e. The lowest BCUT2D eigenvalue weighted by atomic mass is 9.98. The standard InChI is InChI=1S/C27H26N4O4S/c1-27(2,3)30-36(34,35)21-11-7-9-19(15-21)25-22-12-4-5-13-23(22)26(33)31(25)17-24(32)29-20-10-6-8-18(14-20)16-28/h4-15,25,30H,17H2,1-3H3,(H,29,32). The fourth-order valence-corrected chi connectivity index (χ4v) is 5.70. The SMILES string of the molecule is CC(C)(C)NS(=O)(=O)c1cccc(C2c3ccccc3C(=O)N2CC(=O)Nc2cccc(C#N)c2)c1. The van der Waals surface area contributed by atoms with Gasteiger partial charge in [-0.15, -0.1) is 0 Å². The van der Waals surface area contributed by atoms with Crippen LogP contribution in [0, 0.1) is 11.3 Å². The Morgan fingerprint density at radius 1 is 1.03 bits per heavy atom. The van der Waals surface area contributed by atoms with Gasteiger partial charge in [0.2, 0.25) is 15.9 Å². The van der Waals surface area contributed by atoms with Gasteiger partial charge >= 0.3 is 0 Å². The number of carbonyl (C=O) groups is 2. The second-order valence-electron chi connectivity index (χ2n) is 9.59. The molecule has 2 amide bonds. The molecule has 0 saturated carbocycles. The van der Waals surface area contributed by atoms with E-state index in [9.17, 15) is 18.0 Å². The Morgan fingerprint density at radius 3 is 2.47 bits per heavy atom. The number of fused-ring (bicyclic) bond motifs is 1. The van der Waals surface area contributed by atoms with Gasteiger partial charge in [0.25, 0.3) is 5.91 Å². The molecule has 9 heteroatoms. The summed E-state index contributed by atoms with van der Waals surface area (Å²) >= 11 is 0. The van der Waals surface area contributed by atoms with Gasteiger partial charge in [-0.2, -0.15) is 5.26 Å². The predicted molar refractivity (Wildman–Crippen MR) is 136 cm³/mol. The van der Waals surface area contributed by atoms with Crippen LogP contribution in [0.4, 0.5) is 5.69 Å². The fourth-order valence-electron chi connectivity index (χ4n) is 4.23. The van der Waals surface area contributed by atoms with Crippen LogP contribution in [0.1, 0.15) is 53.9 Å². The fraction of sp³-hybridized carbons (Fsp3) is 0.222. The number of hydrogen-bond donors (Lipinski definition) is 2. The predicted octanol–water partition coefficient (Wildman–Crippen LogP) is 3.82. The number of anilines is 1. The van der Waals surface area contributed by atoms with Crippen molar-refractivity contribution in [1.82, 2.24) is 9.62 Å². The zero-order chi connectivity index (χ0) is 26.1. The monoisotopic (exact) mass is 502 g/mol. The number of rotatable bonds is 6. The molecular formula is C27H26N4O4S. The molecule has 8 nitrogen and oxygen atoms in total. The molecule has 2 N–H and O–H groups in total. The van der Waals surface area contributed by atoms with Crippen LogP contribution in [-0.4, -0.2) is 37.2 Å². The maximum Gasteiger partial charge on any atom is 0.255 e. The minimum absolute atomic E-state index is 0.0736. The number of amides is 2. The summed E-state index contributed by atoms with van der Waals surface area (Å²) in [5, 5.41) is 11.8. The number of benzene rings is 3. The molecule has 1 aliphatic rings. The van der Waals surface area contributed by atoms with Crippen molar-refractivity contribution in [2.45, 2.75) is 37.2 Å². The first-order valence-electron chi connectivity index (χ1n) is 11.3. The highest BCUT2D eigenvalue weighted by Gasteiger charge is 2.39. The molecule has 36 heavy (non-hydrogen) atoms. The Labute approximate surface area is 210 Å². The zero-order valence-electron chi connectivity index (χ0n) is 20.1. The van der Waals surface area contributed by atoms with Gasteiger partial charge in [0.15, 0.2) is 0 Å². The van der Waals surface area contributed by atoms with E-state index in [0.29, 0.717) is 27.9 Å². The van der Waals surface area contributed by atoms with Crippen molar-refractivity contribution in [1.29, 1.82) is 5.26 Å². The van der Waals surface area contributed by atoms with E-state index in [-0.39, 0.29) is 17.3 Å². The molecule has 0 fully saturated rings. The Balaban J connectivity index is 1.68. The third-order valence-corrected chi connectivity index (χ3v) is 7.33. The molecule has 3 aromatic carbocycles. The van der Waals surface area contributed by atoms with E-state index in [1.54, 1.807) is 81.4 Å². The van der Waals surface area contributed by atoms with Gasteiger partial charge in [-0.25, -0.2) is 13.1 Å². The molecule has 0 radical (unpaired) electrons. The number of nitrogens with one attached hydrogen (secondary N) is 2. The lowest BCUT2D eigenvalue weighted by Gasteiger charge is -2.26. The summed E-state index contributed by atoms with van der Waals surface area (Å²) < 4.78 is 28.6. The Bertz CT molecular complexity index is 1490. The van der Waals surface area contributed by atoms with E-state index >= 15 is 0 Å². The summed E-state index contributed by atoms with van der Waals surface area (Å²) in [6.45, 7) is 5.01. The second kappa shape index (κ2) is 9.57. The lowest BCUT2D eigenvalue weighted by molar-refractivity contribution is -0.117. The smallest absolute Gasteiger partial charge is 0.255 e. The van der Waals surface area contributed by atoms with Crippen LogP contribution < -0.4 is 10.0 Å².